The molecule has 0 saturated carbocycles. The van der Waals surface area contributed by atoms with E-state index in [1.165, 1.54) is 0 Å². The number of ether oxygens (including phenoxy) is 1. The highest BCUT2D eigenvalue weighted by Crippen LogP contribution is 2.01. The summed E-state index contributed by atoms with van der Waals surface area (Å²) in [5.41, 5.74) is 0. The minimum absolute atomic E-state index is 0.401. The van der Waals surface area contributed by atoms with E-state index in [4.69, 9.17) is 9.15 Å². The van der Waals surface area contributed by atoms with Gasteiger partial charge in [-0.05, 0) is 6.54 Å². The average Bonchev–Trinajstić information content (AvgIpc) is 2.65. The van der Waals surface area contributed by atoms with Crippen molar-refractivity contribution in [2.75, 3.05) is 19.7 Å². The fourth-order valence-corrected chi connectivity index (χ4v) is 0.970. The molecule has 0 aliphatic heterocycles. The monoisotopic (exact) mass is 199 g/mol. The summed E-state index contributed by atoms with van der Waals surface area (Å²) in [6.07, 6.45) is 0.768. The molecule has 0 bridgehead atoms. The third kappa shape index (κ3) is 3.85. The van der Waals surface area contributed by atoms with Crippen LogP contribution in [0.5, 0.6) is 0 Å². The molecule has 14 heavy (non-hydrogen) atoms. The third-order valence-corrected chi connectivity index (χ3v) is 1.71. The van der Waals surface area contributed by atoms with Gasteiger partial charge in [-0.3, -0.25) is 0 Å². The lowest BCUT2D eigenvalue weighted by molar-refractivity contribution is 0.104. The molecule has 1 rings (SSSR count). The first-order valence-corrected chi connectivity index (χ1v) is 4.96. The molecular formula is C9H17N3O2. The van der Waals surface area contributed by atoms with E-state index < -0.39 is 0 Å². The number of aryl methyl sites for hydroxylation is 1. The fourth-order valence-electron chi connectivity index (χ4n) is 0.970. The summed E-state index contributed by atoms with van der Waals surface area (Å²) in [4.78, 5) is 0. The van der Waals surface area contributed by atoms with Crippen molar-refractivity contribution in [1.82, 2.24) is 15.5 Å². The number of hydrogen-bond acceptors (Lipinski definition) is 5. The zero-order valence-electron chi connectivity index (χ0n) is 8.75. The van der Waals surface area contributed by atoms with E-state index in [1.54, 1.807) is 0 Å². The zero-order chi connectivity index (χ0) is 10.2. The SMILES string of the molecule is CCNCCOCc1nnc(CC)o1. The van der Waals surface area contributed by atoms with Crippen LogP contribution in [0.2, 0.25) is 0 Å². The van der Waals surface area contributed by atoms with Gasteiger partial charge >= 0.3 is 0 Å². The Bertz CT molecular complexity index is 250. The zero-order valence-corrected chi connectivity index (χ0v) is 8.75. The number of aromatic nitrogens is 2. The van der Waals surface area contributed by atoms with E-state index in [1.807, 2.05) is 6.92 Å². The highest BCUT2D eigenvalue weighted by atomic mass is 16.5. The fraction of sp³-hybridized carbons (Fsp3) is 0.778. The Balaban J connectivity index is 2.12. The van der Waals surface area contributed by atoms with Gasteiger partial charge in [0.2, 0.25) is 11.8 Å². The summed E-state index contributed by atoms with van der Waals surface area (Å²) < 4.78 is 10.6. The molecule has 0 fully saturated rings. The van der Waals surface area contributed by atoms with Crippen molar-refractivity contribution < 1.29 is 9.15 Å². The number of hydrogen-bond donors (Lipinski definition) is 1. The van der Waals surface area contributed by atoms with Crippen LogP contribution in [0.3, 0.4) is 0 Å². The first-order chi connectivity index (χ1) is 6.86. The number of rotatable bonds is 7. The highest BCUT2D eigenvalue weighted by Gasteiger charge is 2.02. The van der Waals surface area contributed by atoms with E-state index >= 15 is 0 Å². The normalized spacial score (nSPS) is 10.7. The van der Waals surface area contributed by atoms with Crippen LogP contribution in [-0.2, 0) is 17.8 Å². The number of nitrogens with one attached hydrogen (secondary N) is 1. The third-order valence-electron chi connectivity index (χ3n) is 1.71. The molecule has 80 valence electrons. The van der Waals surface area contributed by atoms with E-state index in [0.717, 1.165) is 19.5 Å². The molecular weight excluding hydrogens is 182 g/mol. The van der Waals surface area contributed by atoms with Crippen LogP contribution in [-0.4, -0.2) is 29.9 Å². The molecule has 0 unspecified atom stereocenters. The topological polar surface area (TPSA) is 60.2 Å². The lowest BCUT2D eigenvalue weighted by Crippen LogP contribution is -2.18. The number of nitrogens with zero attached hydrogens (tertiary/aromatic N) is 2. The van der Waals surface area contributed by atoms with Crippen LogP contribution < -0.4 is 5.32 Å². The predicted molar refractivity (Wildman–Crippen MR) is 51.9 cm³/mol. The van der Waals surface area contributed by atoms with Crippen LogP contribution in [0.25, 0.3) is 0 Å². The molecule has 5 nitrogen and oxygen atoms in total. The smallest absolute Gasteiger partial charge is 0.242 e. The Morgan fingerprint density at radius 2 is 2.07 bits per heavy atom. The first kappa shape index (κ1) is 11.1. The molecule has 1 N–H and O–H groups in total. The van der Waals surface area contributed by atoms with Crippen molar-refractivity contribution in [2.24, 2.45) is 0 Å². The minimum atomic E-state index is 0.401. The molecule has 0 aromatic carbocycles. The summed E-state index contributed by atoms with van der Waals surface area (Å²) in [6.45, 7) is 6.92. The lowest BCUT2D eigenvalue weighted by atomic mass is 10.5. The van der Waals surface area contributed by atoms with Gasteiger partial charge in [0.25, 0.3) is 0 Å². The maximum atomic E-state index is 5.32. The Morgan fingerprint density at radius 1 is 1.29 bits per heavy atom. The van der Waals surface area contributed by atoms with Crippen LogP contribution in [0, 0.1) is 0 Å². The molecule has 0 radical (unpaired) electrons. The maximum absolute atomic E-state index is 5.32. The Hall–Kier alpha value is -0.940. The molecule has 0 aliphatic rings. The molecule has 0 spiro atoms. The lowest BCUT2D eigenvalue weighted by Gasteiger charge is -2.00. The van der Waals surface area contributed by atoms with Crippen molar-refractivity contribution in [3.63, 3.8) is 0 Å². The molecule has 1 heterocycles. The summed E-state index contributed by atoms with van der Waals surface area (Å²) in [7, 11) is 0. The molecule has 1 aromatic heterocycles. The van der Waals surface area contributed by atoms with Crippen LogP contribution in [0.15, 0.2) is 4.42 Å². The molecule has 0 amide bonds. The standard InChI is InChI=1S/C9H17N3O2/c1-3-8-11-12-9(14-8)7-13-6-5-10-4-2/h10H,3-7H2,1-2H3. The van der Waals surface area contributed by atoms with Gasteiger partial charge in [0.05, 0.1) is 6.61 Å². The van der Waals surface area contributed by atoms with Gasteiger partial charge in [0.15, 0.2) is 0 Å². The van der Waals surface area contributed by atoms with Crippen LogP contribution in [0.1, 0.15) is 25.6 Å². The Morgan fingerprint density at radius 3 is 2.71 bits per heavy atom. The van der Waals surface area contributed by atoms with E-state index in [9.17, 15) is 0 Å². The van der Waals surface area contributed by atoms with Crippen LogP contribution in [0.4, 0.5) is 0 Å². The van der Waals surface area contributed by atoms with Gasteiger partial charge in [-0.15, -0.1) is 10.2 Å². The highest BCUT2D eigenvalue weighted by molar-refractivity contribution is 4.78. The maximum Gasteiger partial charge on any atom is 0.242 e. The molecule has 0 saturated heterocycles. The minimum Gasteiger partial charge on any atom is -0.423 e. The van der Waals surface area contributed by atoms with Crippen molar-refractivity contribution in [2.45, 2.75) is 26.9 Å². The van der Waals surface area contributed by atoms with Gasteiger partial charge < -0.3 is 14.5 Å². The van der Waals surface area contributed by atoms with Gasteiger partial charge in [-0.25, -0.2) is 0 Å². The number of likely N-dealkylation sites (N-methyl/N-ethyl adjacent to an activating group) is 1. The Kier molecular flexibility index (Phi) is 5.17. The van der Waals surface area contributed by atoms with Gasteiger partial charge in [0.1, 0.15) is 6.61 Å². The molecule has 0 atom stereocenters. The van der Waals surface area contributed by atoms with Crippen molar-refractivity contribution in [3.8, 4) is 0 Å². The molecule has 5 heteroatoms. The van der Waals surface area contributed by atoms with Gasteiger partial charge in [-0.1, -0.05) is 13.8 Å². The second-order valence-corrected chi connectivity index (χ2v) is 2.85. The summed E-state index contributed by atoms with van der Waals surface area (Å²) >= 11 is 0. The van der Waals surface area contributed by atoms with Crippen LogP contribution >= 0.6 is 0 Å². The molecule has 0 aliphatic carbocycles. The Labute approximate surface area is 83.9 Å². The average molecular weight is 199 g/mol. The summed E-state index contributed by atoms with van der Waals surface area (Å²) in [6, 6.07) is 0. The van der Waals surface area contributed by atoms with Gasteiger partial charge in [0, 0.05) is 13.0 Å². The second kappa shape index (κ2) is 6.50. The quantitative estimate of drug-likeness (QED) is 0.657. The summed E-state index contributed by atoms with van der Waals surface area (Å²) in [5, 5.41) is 10.8. The predicted octanol–water partition coefficient (Wildman–Crippen LogP) is 0.758. The first-order valence-electron chi connectivity index (χ1n) is 4.96. The van der Waals surface area contributed by atoms with Crippen molar-refractivity contribution >= 4 is 0 Å². The second-order valence-electron chi connectivity index (χ2n) is 2.85. The van der Waals surface area contributed by atoms with E-state index in [-0.39, 0.29) is 0 Å². The molecule has 1 aromatic rings. The van der Waals surface area contributed by atoms with Gasteiger partial charge in [-0.2, -0.15) is 0 Å². The van der Waals surface area contributed by atoms with Crippen molar-refractivity contribution in [1.29, 1.82) is 0 Å². The largest absolute Gasteiger partial charge is 0.423 e. The van der Waals surface area contributed by atoms with E-state index in [0.29, 0.717) is 25.0 Å². The summed E-state index contributed by atoms with van der Waals surface area (Å²) in [5.74, 6) is 1.22. The van der Waals surface area contributed by atoms with E-state index in [2.05, 4.69) is 22.4 Å². The van der Waals surface area contributed by atoms with Crippen molar-refractivity contribution in [3.05, 3.63) is 11.8 Å².